The van der Waals surface area contributed by atoms with E-state index in [0.29, 0.717) is 0 Å². The highest BCUT2D eigenvalue weighted by Crippen LogP contribution is 2.17. The molecule has 0 aliphatic heterocycles. The first-order valence-electron chi connectivity index (χ1n) is 7.41. The number of ether oxygens (including phenoxy) is 1. The van der Waals surface area contributed by atoms with Crippen LogP contribution in [-0.4, -0.2) is 37.2 Å². The molecule has 0 saturated heterocycles. The van der Waals surface area contributed by atoms with Gasteiger partial charge in [-0.1, -0.05) is 0 Å². The molecule has 1 N–H and O–H groups in total. The quantitative estimate of drug-likeness (QED) is 0.744. The van der Waals surface area contributed by atoms with Gasteiger partial charge in [0.1, 0.15) is 11.5 Å². The zero-order chi connectivity index (χ0) is 15.2. The first kappa shape index (κ1) is 17.2. The van der Waals surface area contributed by atoms with Gasteiger partial charge in [-0.2, -0.15) is 0 Å². The fourth-order valence-electron chi connectivity index (χ4n) is 1.92. The van der Waals surface area contributed by atoms with Gasteiger partial charge in [0.05, 0.1) is 13.2 Å². The fraction of sp³-hybridized carbons (Fsp3) is 0.750. The van der Waals surface area contributed by atoms with Crippen LogP contribution in [0.3, 0.4) is 0 Å². The zero-order valence-corrected chi connectivity index (χ0v) is 13.9. The highest BCUT2D eigenvalue weighted by molar-refractivity contribution is 5.20. The van der Waals surface area contributed by atoms with Gasteiger partial charge in [0, 0.05) is 30.8 Å². The minimum Gasteiger partial charge on any atom is -0.465 e. The molecule has 0 spiro atoms. The number of nitrogens with one attached hydrogen (secondary N) is 1. The zero-order valence-electron chi connectivity index (χ0n) is 13.9. The van der Waals surface area contributed by atoms with Crippen LogP contribution in [-0.2, 0) is 17.8 Å². The van der Waals surface area contributed by atoms with Crippen LogP contribution in [0.25, 0.3) is 0 Å². The molecule has 0 amide bonds. The third-order valence-electron chi connectivity index (χ3n) is 3.13. The molecule has 1 rings (SSSR count). The third kappa shape index (κ3) is 6.55. The van der Waals surface area contributed by atoms with Gasteiger partial charge in [-0.3, -0.25) is 4.90 Å². The summed E-state index contributed by atoms with van der Waals surface area (Å²) in [7, 11) is 2.11. The highest BCUT2D eigenvalue weighted by atomic mass is 16.5. The van der Waals surface area contributed by atoms with Crippen molar-refractivity contribution >= 4 is 0 Å². The van der Waals surface area contributed by atoms with Crippen molar-refractivity contribution in [1.82, 2.24) is 10.2 Å². The Bertz CT molecular complexity index is 394. The fourth-order valence-corrected chi connectivity index (χ4v) is 1.92. The Kier molecular flexibility index (Phi) is 6.72. The highest BCUT2D eigenvalue weighted by Gasteiger charge is 2.13. The predicted octanol–water partition coefficient (Wildman–Crippen LogP) is 2.94. The van der Waals surface area contributed by atoms with Gasteiger partial charge < -0.3 is 14.5 Å². The summed E-state index contributed by atoms with van der Waals surface area (Å²) in [6, 6.07) is 2.16. The third-order valence-corrected chi connectivity index (χ3v) is 3.13. The van der Waals surface area contributed by atoms with Crippen molar-refractivity contribution < 1.29 is 9.15 Å². The number of hydrogen-bond donors (Lipinski definition) is 1. The number of likely N-dealkylation sites (N-methyl/N-ethyl adjacent to an activating group) is 1. The first-order valence-corrected chi connectivity index (χ1v) is 7.41. The maximum Gasteiger partial charge on any atom is 0.118 e. The predicted molar refractivity (Wildman–Crippen MR) is 82.9 cm³/mol. The van der Waals surface area contributed by atoms with Crippen molar-refractivity contribution in [3.8, 4) is 0 Å². The van der Waals surface area contributed by atoms with E-state index < -0.39 is 0 Å². The average Bonchev–Trinajstić information content (AvgIpc) is 2.67. The molecule has 4 heteroatoms. The van der Waals surface area contributed by atoms with Crippen LogP contribution in [0.15, 0.2) is 10.5 Å². The second-order valence-corrected chi connectivity index (χ2v) is 6.33. The normalized spacial score (nSPS) is 12.3. The van der Waals surface area contributed by atoms with E-state index in [1.807, 2.05) is 13.8 Å². The van der Waals surface area contributed by atoms with Crippen LogP contribution in [0.4, 0.5) is 0 Å². The summed E-state index contributed by atoms with van der Waals surface area (Å²) < 4.78 is 11.2. The molecule has 0 fully saturated rings. The molecular weight excluding hydrogens is 252 g/mol. The second-order valence-electron chi connectivity index (χ2n) is 6.33. The van der Waals surface area contributed by atoms with Crippen LogP contribution in [0.2, 0.25) is 0 Å². The van der Waals surface area contributed by atoms with Crippen molar-refractivity contribution in [2.24, 2.45) is 0 Å². The van der Waals surface area contributed by atoms with E-state index in [-0.39, 0.29) is 5.54 Å². The van der Waals surface area contributed by atoms with E-state index in [9.17, 15) is 0 Å². The molecule has 0 bridgehead atoms. The molecule has 116 valence electrons. The van der Waals surface area contributed by atoms with Gasteiger partial charge in [0.2, 0.25) is 0 Å². The largest absolute Gasteiger partial charge is 0.465 e. The summed E-state index contributed by atoms with van der Waals surface area (Å²) in [4.78, 5) is 2.26. The van der Waals surface area contributed by atoms with Crippen molar-refractivity contribution in [1.29, 1.82) is 0 Å². The summed E-state index contributed by atoms with van der Waals surface area (Å²) in [6.45, 7) is 14.7. The number of furan rings is 1. The number of nitrogens with zero attached hydrogens (tertiary/aromatic N) is 1. The molecule has 1 aromatic rings. The van der Waals surface area contributed by atoms with Crippen LogP contribution in [0.5, 0.6) is 0 Å². The number of hydrogen-bond acceptors (Lipinski definition) is 4. The lowest BCUT2D eigenvalue weighted by Gasteiger charge is -2.19. The van der Waals surface area contributed by atoms with Gasteiger partial charge in [-0.25, -0.2) is 0 Å². The van der Waals surface area contributed by atoms with Gasteiger partial charge in [-0.15, -0.1) is 0 Å². The van der Waals surface area contributed by atoms with E-state index in [1.165, 1.54) is 5.56 Å². The van der Waals surface area contributed by atoms with Gasteiger partial charge >= 0.3 is 0 Å². The molecule has 4 nitrogen and oxygen atoms in total. The van der Waals surface area contributed by atoms with E-state index in [4.69, 9.17) is 9.15 Å². The monoisotopic (exact) mass is 282 g/mol. The van der Waals surface area contributed by atoms with Crippen molar-refractivity contribution in [2.45, 2.75) is 53.2 Å². The van der Waals surface area contributed by atoms with E-state index >= 15 is 0 Å². The minimum absolute atomic E-state index is 0.106. The molecule has 1 aromatic heterocycles. The van der Waals surface area contributed by atoms with Gasteiger partial charge in [0.15, 0.2) is 0 Å². The minimum atomic E-state index is 0.106. The Morgan fingerprint density at radius 2 is 2.05 bits per heavy atom. The smallest absolute Gasteiger partial charge is 0.118 e. The average molecular weight is 282 g/mol. The summed E-state index contributed by atoms with van der Waals surface area (Å²) in [5, 5.41) is 3.45. The molecule has 0 unspecified atom stereocenters. The maximum absolute atomic E-state index is 5.82. The Balaban J connectivity index is 2.48. The van der Waals surface area contributed by atoms with E-state index in [2.05, 4.69) is 44.1 Å². The Labute approximate surface area is 123 Å². The van der Waals surface area contributed by atoms with Crippen molar-refractivity contribution in [3.05, 3.63) is 23.2 Å². The molecule has 20 heavy (non-hydrogen) atoms. The molecule has 1 heterocycles. The lowest BCUT2D eigenvalue weighted by Crippen LogP contribution is -2.34. The summed E-state index contributed by atoms with van der Waals surface area (Å²) >= 11 is 0. The van der Waals surface area contributed by atoms with Crippen LogP contribution >= 0.6 is 0 Å². The van der Waals surface area contributed by atoms with Crippen LogP contribution in [0.1, 0.15) is 44.8 Å². The van der Waals surface area contributed by atoms with Gasteiger partial charge in [0.25, 0.3) is 0 Å². The second kappa shape index (κ2) is 7.81. The lowest BCUT2D eigenvalue weighted by atomic mass is 10.1. The van der Waals surface area contributed by atoms with Crippen LogP contribution < -0.4 is 5.32 Å². The van der Waals surface area contributed by atoms with Gasteiger partial charge in [-0.05, 0) is 47.7 Å². The standard InChI is InChI=1S/C16H30N2O2/c1-7-19-9-8-18(6)12-14-10-15(20-13(14)2)11-17-16(3,4)5/h10,17H,7-9,11-12H2,1-6H3. The molecular formula is C16H30N2O2. The summed E-state index contributed by atoms with van der Waals surface area (Å²) in [5.41, 5.74) is 1.37. The SMILES string of the molecule is CCOCCN(C)Cc1cc(CNC(C)(C)C)oc1C. The van der Waals surface area contributed by atoms with E-state index in [1.54, 1.807) is 0 Å². The summed E-state index contributed by atoms with van der Waals surface area (Å²) in [5.74, 6) is 2.02. The molecule has 0 radical (unpaired) electrons. The molecule has 0 saturated carbocycles. The molecule has 0 aromatic carbocycles. The lowest BCUT2D eigenvalue weighted by molar-refractivity contribution is 0.120. The number of rotatable bonds is 8. The number of aryl methyl sites for hydroxylation is 1. The van der Waals surface area contributed by atoms with Crippen LogP contribution in [0, 0.1) is 6.92 Å². The molecule has 0 aliphatic carbocycles. The Morgan fingerprint density at radius 3 is 2.65 bits per heavy atom. The molecule has 0 atom stereocenters. The maximum atomic E-state index is 5.82. The first-order chi connectivity index (χ1) is 9.31. The molecule has 0 aliphatic rings. The summed E-state index contributed by atoms with van der Waals surface area (Å²) in [6.07, 6.45) is 0. The van der Waals surface area contributed by atoms with Crippen molar-refractivity contribution in [3.63, 3.8) is 0 Å². The topological polar surface area (TPSA) is 37.6 Å². The Hall–Kier alpha value is -0.840. The van der Waals surface area contributed by atoms with E-state index in [0.717, 1.165) is 44.4 Å². The van der Waals surface area contributed by atoms with Crippen molar-refractivity contribution in [2.75, 3.05) is 26.8 Å². The Morgan fingerprint density at radius 1 is 1.35 bits per heavy atom.